The zero-order valence-electron chi connectivity index (χ0n) is 26.7. The number of hydrogen-bond donors (Lipinski definition) is 0. The Labute approximate surface area is 286 Å². The second kappa shape index (κ2) is 13.4. The Morgan fingerprint density at radius 2 is 1.39 bits per heavy atom. The van der Waals surface area contributed by atoms with E-state index < -0.39 is 0 Å². The molecule has 0 unspecified atom stereocenters. The van der Waals surface area contributed by atoms with Gasteiger partial charge in [0.2, 0.25) is 0 Å². The number of pyridine rings is 2. The van der Waals surface area contributed by atoms with Crippen molar-refractivity contribution in [2.75, 3.05) is 0 Å². The minimum Gasteiger partial charge on any atom is -0.307 e. The van der Waals surface area contributed by atoms with Crippen molar-refractivity contribution in [2.24, 2.45) is 0 Å². The van der Waals surface area contributed by atoms with Crippen LogP contribution in [-0.4, -0.2) is 9.97 Å². The van der Waals surface area contributed by atoms with Crippen LogP contribution in [0, 0.1) is 18.7 Å². The molecule has 4 aromatic carbocycles. The molecule has 229 valence electrons. The SMILES string of the molecule is CC(C)(C)c1ccnc(-c2[c-]ccc3c2C(C)(C)c2ccccc2-3)c1.[C-]#[N+]c1ccnc(-c2[c-]ccc(-c3ccccc3)c2)c1.[Ir]. The van der Waals surface area contributed by atoms with Crippen LogP contribution < -0.4 is 0 Å². The molecule has 7 rings (SSSR count). The van der Waals surface area contributed by atoms with Crippen LogP contribution in [0.2, 0.25) is 0 Å². The maximum absolute atomic E-state index is 7.07. The molecule has 3 nitrogen and oxygen atoms in total. The van der Waals surface area contributed by atoms with Crippen LogP contribution in [0.1, 0.15) is 51.3 Å². The molecule has 2 heterocycles. The van der Waals surface area contributed by atoms with Crippen molar-refractivity contribution in [3.05, 3.63) is 162 Å². The summed E-state index contributed by atoms with van der Waals surface area (Å²) in [4.78, 5) is 12.4. The van der Waals surface area contributed by atoms with E-state index in [-0.39, 0.29) is 30.9 Å². The zero-order valence-corrected chi connectivity index (χ0v) is 29.1. The largest absolute Gasteiger partial charge is 0.307 e. The topological polar surface area (TPSA) is 30.1 Å². The summed E-state index contributed by atoms with van der Waals surface area (Å²) in [6, 6.07) is 43.6. The Kier molecular flexibility index (Phi) is 9.49. The number of aromatic nitrogens is 2. The third-order valence-electron chi connectivity index (χ3n) is 8.45. The molecule has 0 amide bonds. The molecule has 0 fully saturated rings. The molecule has 0 bridgehead atoms. The van der Waals surface area contributed by atoms with Gasteiger partial charge in [-0.3, -0.25) is 0 Å². The number of nitrogens with zero attached hydrogens (tertiary/aromatic N) is 3. The van der Waals surface area contributed by atoms with Gasteiger partial charge in [-0.15, -0.1) is 64.7 Å². The summed E-state index contributed by atoms with van der Waals surface area (Å²) in [6.07, 6.45) is 3.59. The first-order valence-corrected chi connectivity index (χ1v) is 15.2. The quantitative estimate of drug-likeness (QED) is 0.168. The smallest absolute Gasteiger partial charge is 0.181 e. The third kappa shape index (κ3) is 6.49. The van der Waals surface area contributed by atoms with Crippen LogP contribution in [0.5, 0.6) is 0 Å². The molecule has 46 heavy (non-hydrogen) atoms. The molecule has 1 aliphatic carbocycles. The summed E-state index contributed by atoms with van der Waals surface area (Å²) in [7, 11) is 0. The van der Waals surface area contributed by atoms with E-state index in [4.69, 9.17) is 11.6 Å². The molecular weight excluding hydrogens is 739 g/mol. The van der Waals surface area contributed by atoms with E-state index >= 15 is 0 Å². The van der Waals surface area contributed by atoms with Gasteiger partial charge in [-0.1, -0.05) is 107 Å². The summed E-state index contributed by atoms with van der Waals surface area (Å²) in [5.74, 6) is 0. The summed E-state index contributed by atoms with van der Waals surface area (Å²) < 4.78 is 0. The second-order valence-electron chi connectivity index (χ2n) is 12.9. The Morgan fingerprint density at radius 3 is 2.15 bits per heavy atom. The van der Waals surface area contributed by atoms with Crippen molar-refractivity contribution in [1.82, 2.24) is 9.97 Å². The normalized spacial score (nSPS) is 12.4. The fourth-order valence-electron chi connectivity index (χ4n) is 6.07. The van der Waals surface area contributed by atoms with E-state index in [1.54, 1.807) is 18.3 Å². The molecular formula is C42H35IrN3-2. The van der Waals surface area contributed by atoms with Gasteiger partial charge in [-0.25, -0.2) is 4.85 Å². The molecule has 0 aliphatic heterocycles. The van der Waals surface area contributed by atoms with Crippen LogP contribution in [0.25, 0.3) is 49.6 Å². The molecule has 0 N–H and O–H groups in total. The third-order valence-corrected chi connectivity index (χ3v) is 8.45. The minimum atomic E-state index is -0.0432. The molecule has 1 radical (unpaired) electrons. The number of benzene rings is 4. The van der Waals surface area contributed by atoms with Crippen molar-refractivity contribution >= 4 is 5.69 Å². The van der Waals surface area contributed by atoms with E-state index in [0.29, 0.717) is 5.69 Å². The monoisotopic (exact) mass is 774 g/mol. The number of fused-ring (bicyclic) bond motifs is 3. The van der Waals surface area contributed by atoms with Crippen LogP contribution in [0.4, 0.5) is 5.69 Å². The van der Waals surface area contributed by atoms with Crippen LogP contribution in [0.3, 0.4) is 0 Å². The Hall–Kier alpha value is -4.68. The van der Waals surface area contributed by atoms with Gasteiger partial charge in [0.05, 0.1) is 6.57 Å². The summed E-state index contributed by atoms with van der Waals surface area (Å²) in [5.41, 5.74) is 13.4. The fraction of sp³-hybridized carbons (Fsp3) is 0.167. The second-order valence-corrected chi connectivity index (χ2v) is 12.9. The molecule has 0 atom stereocenters. The predicted octanol–water partition coefficient (Wildman–Crippen LogP) is 10.9. The first-order chi connectivity index (χ1) is 21.7. The van der Waals surface area contributed by atoms with Gasteiger partial charge in [0.1, 0.15) is 0 Å². The molecule has 4 heteroatoms. The van der Waals surface area contributed by atoms with Gasteiger partial charge < -0.3 is 9.97 Å². The van der Waals surface area contributed by atoms with E-state index in [1.165, 1.54) is 27.8 Å². The summed E-state index contributed by atoms with van der Waals surface area (Å²) in [5, 5.41) is 0. The molecule has 0 spiro atoms. The average molecular weight is 774 g/mol. The Balaban J connectivity index is 0.000000182. The van der Waals surface area contributed by atoms with Crippen LogP contribution in [-0.2, 0) is 30.9 Å². The predicted molar refractivity (Wildman–Crippen MR) is 185 cm³/mol. The van der Waals surface area contributed by atoms with E-state index in [1.807, 2.05) is 48.7 Å². The van der Waals surface area contributed by atoms with Crippen LogP contribution in [0.15, 0.2) is 122 Å². The van der Waals surface area contributed by atoms with E-state index in [9.17, 15) is 0 Å². The summed E-state index contributed by atoms with van der Waals surface area (Å²) in [6.45, 7) is 18.4. The van der Waals surface area contributed by atoms with Gasteiger partial charge >= 0.3 is 0 Å². The molecule has 0 saturated carbocycles. The number of hydrogen-bond acceptors (Lipinski definition) is 2. The first kappa shape index (κ1) is 32.7. The summed E-state index contributed by atoms with van der Waals surface area (Å²) >= 11 is 0. The molecule has 0 saturated heterocycles. The van der Waals surface area contributed by atoms with Crippen molar-refractivity contribution in [3.8, 4) is 44.8 Å². The zero-order chi connectivity index (χ0) is 31.6. The fourth-order valence-corrected chi connectivity index (χ4v) is 6.07. The van der Waals surface area contributed by atoms with Gasteiger partial charge in [0.25, 0.3) is 0 Å². The van der Waals surface area contributed by atoms with Gasteiger partial charge in [0, 0.05) is 32.5 Å². The van der Waals surface area contributed by atoms with Gasteiger partial charge in [-0.2, -0.15) is 0 Å². The van der Waals surface area contributed by atoms with Gasteiger partial charge in [-0.05, 0) is 56.6 Å². The maximum Gasteiger partial charge on any atom is 0.181 e. The average Bonchev–Trinajstić information content (AvgIpc) is 3.32. The maximum atomic E-state index is 7.07. The van der Waals surface area contributed by atoms with Crippen molar-refractivity contribution in [2.45, 2.75) is 45.4 Å². The standard InChI is InChI=1S/C24H24N.C18H11N2.Ir/c1-23(2,3)16-13-14-25-21(15-16)19-11-8-10-18-17-9-6-7-12-20(17)24(4,5)22(18)19;1-19-17-10-11-20-18(13-17)16-9-5-8-15(12-16)14-6-3-2-4-7-14;/h6-10,12-15H,1-5H3;2-8,10-13H;/q2*-1;. The van der Waals surface area contributed by atoms with E-state index in [2.05, 4.69) is 111 Å². The first-order valence-electron chi connectivity index (χ1n) is 15.2. The van der Waals surface area contributed by atoms with E-state index in [0.717, 1.165) is 33.6 Å². The Morgan fingerprint density at radius 1 is 0.696 bits per heavy atom. The minimum absolute atomic E-state index is 0. The van der Waals surface area contributed by atoms with Crippen LogP contribution >= 0.6 is 0 Å². The van der Waals surface area contributed by atoms with Gasteiger partial charge in [0.15, 0.2) is 5.69 Å². The van der Waals surface area contributed by atoms with Crippen molar-refractivity contribution in [1.29, 1.82) is 0 Å². The Bertz CT molecular complexity index is 2030. The molecule has 2 aromatic heterocycles. The molecule has 1 aliphatic rings. The van der Waals surface area contributed by atoms with Crippen molar-refractivity contribution in [3.63, 3.8) is 0 Å². The molecule has 6 aromatic rings. The van der Waals surface area contributed by atoms with Crippen molar-refractivity contribution < 1.29 is 20.1 Å². The number of rotatable bonds is 3.